The highest BCUT2D eigenvalue weighted by molar-refractivity contribution is 5.94. The van der Waals surface area contributed by atoms with Crippen LogP contribution in [0.15, 0.2) is 71.8 Å². The average molecular weight is 349 g/mol. The van der Waals surface area contributed by atoms with Gasteiger partial charge in [0.25, 0.3) is 5.91 Å². The van der Waals surface area contributed by atoms with Crippen molar-refractivity contribution >= 4 is 5.91 Å². The van der Waals surface area contributed by atoms with Gasteiger partial charge in [-0.15, -0.1) is 0 Å². The molecule has 6 nitrogen and oxygen atoms in total. The third kappa shape index (κ3) is 3.64. The van der Waals surface area contributed by atoms with Crippen LogP contribution in [0.5, 0.6) is 5.75 Å². The molecule has 0 saturated carbocycles. The topological polar surface area (TPSA) is 73.2 Å². The van der Waals surface area contributed by atoms with E-state index in [0.29, 0.717) is 17.0 Å². The fourth-order valence-corrected chi connectivity index (χ4v) is 2.71. The molecule has 2 heterocycles. The molecule has 132 valence electrons. The Labute approximate surface area is 151 Å². The van der Waals surface area contributed by atoms with Crippen molar-refractivity contribution in [2.24, 2.45) is 7.05 Å². The molecule has 1 amide bonds. The smallest absolute Gasteiger partial charge is 0.253 e. The highest BCUT2D eigenvalue weighted by Crippen LogP contribution is 2.29. The number of amides is 1. The number of rotatable bonds is 5. The number of benzene rings is 1. The van der Waals surface area contributed by atoms with E-state index in [0.717, 1.165) is 5.56 Å². The number of aromatic nitrogens is 2. The van der Waals surface area contributed by atoms with Crippen molar-refractivity contribution in [2.75, 3.05) is 7.11 Å². The van der Waals surface area contributed by atoms with Crippen molar-refractivity contribution < 1.29 is 9.53 Å². The zero-order chi connectivity index (χ0) is 18.5. The summed E-state index contributed by atoms with van der Waals surface area (Å²) in [6, 6.07) is 15.4. The van der Waals surface area contributed by atoms with Gasteiger partial charge in [-0.05, 0) is 24.3 Å². The Morgan fingerprint density at radius 2 is 1.88 bits per heavy atom. The number of ether oxygens (including phenoxy) is 1. The number of para-hydroxylation sites is 1. The molecule has 0 aliphatic heterocycles. The molecule has 0 aliphatic rings. The molecule has 3 aromatic rings. The number of aryl methyl sites for hydroxylation is 1. The van der Waals surface area contributed by atoms with Crippen LogP contribution in [0.4, 0.5) is 0 Å². The van der Waals surface area contributed by atoms with Crippen LogP contribution in [0.2, 0.25) is 0 Å². The standard InChI is InChI=1S/C20H19N3O3/c1-23-13-14(10-11-18(23)24)20(25)22-19(16-8-5-6-12-21-16)15-7-3-4-9-17(15)26-2/h3-13,19H,1-2H3,(H,22,25)/t19-/m1/s1. The van der Waals surface area contributed by atoms with Crippen LogP contribution in [0.25, 0.3) is 0 Å². The zero-order valence-electron chi connectivity index (χ0n) is 14.5. The van der Waals surface area contributed by atoms with Crippen molar-refractivity contribution in [3.63, 3.8) is 0 Å². The highest BCUT2D eigenvalue weighted by atomic mass is 16.5. The van der Waals surface area contributed by atoms with E-state index >= 15 is 0 Å². The monoisotopic (exact) mass is 349 g/mol. The predicted octanol–water partition coefficient (Wildman–Crippen LogP) is 2.31. The highest BCUT2D eigenvalue weighted by Gasteiger charge is 2.22. The molecule has 0 fully saturated rings. The van der Waals surface area contributed by atoms with Gasteiger partial charge < -0.3 is 14.6 Å². The summed E-state index contributed by atoms with van der Waals surface area (Å²) in [6.45, 7) is 0. The van der Waals surface area contributed by atoms with Crippen molar-refractivity contribution in [1.82, 2.24) is 14.9 Å². The summed E-state index contributed by atoms with van der Waals surface area (Å²) >= 11 is 0. The van der Waals surface area contributed by atoms with Crippen molar-refractivity contribution in [3.8, 4) is 5.75 Å². The molecule has 1 aromatic carbocycles. The lowest BCUT2D eigenvalue weighted by Gasteiger charge is -2.21. The number of hydrogen-bond donors (Lipinski definition) is 1. The predicted molar refractivity (Wildman–Crippen MR) is 98.2 cm³/mol. The summed E-state index contributed by atoms with van der Waals surface area (Å²) in [4.78, 5) is 28.7. The van der Waals surface area contributed by atoms with Crippen molar-refractivity contribution in [2.45, 2.75) is 6.04 Å². The minimum atomic E-state index is -0.489. The minimum Gasteiger partial charge on any atom is -0.496 e. The molecule has 6 heteroatoms. The first-order valence-corrected chi connectivity index (χ1v) is 8.11. The first-order chi connectivity index (χ1) is 12.6. The van der Waals surface area contributed by atoms with Crippen LogP contribution in [-0.4, -0.2) is 22.6 Å². The number of nitrogens with zero attached hydrogens (tertiary/aromatic N) is 2. The van der Waals surface area contributed by atoms with Gasteiger partial charge in [0.05, 0.1) is 18.4 Å². The van der Waals surface area contributed by atoms with Crippen LogP contribution >= 0.6 is 0 Å². The summed E-state index contributed by atoms with van der Waals surface area (Å²) in [6.07, 6.45) is 3.19. The van der Waals surface area contributed by atoms with Gasteiger partial charge in [-0.1, -0.05) is 24.3 Å². The lowest BCUT2D eigenvalue weighted by molar-refractivity contribution is 0.0941. The summed E-state index contributed by atoms with van der Waals surface area (Å²) in [5.74, 6) is 0.353. The van der Waals surface area contributed by atoms with Gasteiger partial charge in [-0.2, -0.15) is 0 Å². The quantitative estimate of drug-likeness (QED) is 0.767. The largest absolute Gasteiger partial charge is 0.496 e. The molecule has 0 saturated heterocycles. The van der Waals surface area contributed by atoms with Crippen LogP contribution in [-0.2, 0) is 7.05 Å². The van der Waals surface area contributed by atoms with E-state index in [1.807, 2.05) is 42.5 Å². The van der Waals surface area contributed by atoms with Crippen molar-refractivity contribution in [1.29, 1.82) is 0 Å². The van der Waals surface area contributed by atoms with Crippen LogP contribution < -0.4 is 15.6 Å². The molecule has 3 rings (SSSR count). The second-order valence-corrected chi connectivity index (χ2v) is 5.77. The number of carbonyl (C=O) groups is 1. The van der Waals surface area contributed by atoms with Gasteiger partial charge in [0.15, 0.2) is 0 Å². The van der Waals surface area contributed by atoms with E-state index in [1.54, 1.807) is 20.4 Å². The van der Waals surface area contributed by atoms with Gasteiger partial charge >= 0.3 is 0 Å². The Morgan fingerprint density at radius 3 is 2.58 bits per heavy atom. The lowest BCUT2D eigenvalue weighted by atomic mass is 10.0. The van der Waals surface area contributed by atoms with E-state index in [-0.39, 0.29) is 11.5 Å². The van der Waals surface area contributed by atoms with E-state index in [4.69, 9.17) is 4.74 Å². The molecule has 1 N–H and O–H groups in total. The van der Waals surface area contributed by atoms with E-state index in [1.165, 1.54) is 22.9 Å². The zero-order valence-corrected chi connectivity index (χ0v) is 14.5. The molecule has 0 bridgehead atoms. The normalized spacial score (nSPS) is 11.6. The summed E-state index contributed by atoms with van der Waals surface area (Å²) < 4.78 is 6.81. The third-order valence-electron chi connectivity index (χ3n) is 4.06. The van der Waals surface area contributed by atoms with E-state index in [2.05, 4.69) is 10.3 Å². The van der Waals surface area contributed by atoms with Gasteiger partial charge in [-0.25, -0.2) is 0 Å². The summed E-state index contributed by atoms with van der Waals surface area (Å²) in [5, 5.41) is 2.99. The summed E-state index contributed by atoms with van der Waals surface area (Å²) in [7, 11) is 3.19. The Kier molecular flexibility index (Phi) is 5.12. The van der Waals surface area contributed by atoms with Crippen molar-refractivity contribution in [3.05, 3.63) is 94.2 Å². The maximum atomic E-state index is 12.8. The number of nitrogens with one attached hydrogen (secondary N) is 1. The maximum absolute atomic E-state index is 12.8. The first kappa shape index (κ1) is 17.4. The molecule has 2 aromatic heterocycles. The van der Waals surface area contributed by atoms with Gasteiger partial charge in [0.1, 0.15) is 11.8 Å². The number of pyridine rings is 2. The third-order valence-corrected chi connectivity index (χ3v) is 4.06. The Morgan fingerprint density at radius 1 is 1.12 bits per heavy atom. The fourth-order valence-electron chi connectivity index (χ4n) is 2.71. The lowest BCUT2D eigenvalue weighted by Crippen LogP contribution is -2.31. The van der Waals surface area contributed by atoms with Gasteiger partial charge in [0, 0.05) is 31.1 Å². The molecule has 0 aliphatic carbocycles. The first-order valence-electron chi connectivity index (χ1n) is 8.11. The van der Waals surface area contributed by atoms with E-state index in [9.17, 15) is 9.59 Å². The van der Waals surface area contributed by atoms with Gasteiger partial charge in [-0.3, -0.25) is 14.6 Å². The fraction of sp³-hybridized carbons (Fsp3) is 0.150. The van der Waals surface area contributed by atoms with Crippen LogP contribution in [0, 0.1) is 0 Å². The minimum absolute atomic E-state index is 0.174. The average Bonchev–Trinajstić information content (AvgIpc) is 2.68. The van der Waals surface area contributed by atoms with Crippen LogP contribution in [0.3, 0.4) is 0 Å². The Balaban J connectivity index is 2.00. The second kappa shape index (κ2) is 7.65. The molecule has 0 spiro atoms. The number of methoxy groups -OCH3 is 1. The Bertz CT molecular complexity index is 967. The van der Waals surface area contributed by atoms with E-state index < -0.39 is 6.04 Å². The second-order valence-electron chi connectivity index (χ2n) is 5.77. The molecule has 26 heavy (non-hydrogen) atoms. The summed E-state index contributed by atoms with van der Waals surface area (Å²) in [5.41, 5.74) is 1.71. The Hall–Kier alpha value is -3.41. The SMILES string of the molecule is COc1ccccc1[C@@H](NC(=O)c1ccc(=O)n(C)c1)c1ccccn1. The molecular weight excluding hydrogens is 330 g/mol. The molecule has 0 radical (unpaired) electrons. The molecule has 1 atom stereocenters. The number of carbonyl (C=O) groups excluding carboxylic acids is 1. The molecular formula is C20H19N3O3. The maximum Gasteiger partial charge on any atom is 0.253 e. The molecule has 0 unspecified atom stereocenters. The number of hydrogen-bond acceptors (Lipinski definition) is 4. The van der Waals surface area contributed by atoms with Gasteiger partial charge in [0.2, 0.25) is 5.56 Å². The van der Waals surface area contributed by atoms with Crippen LogP contribution in [0.1, 0.15) is 27.7 Å².